The van der Waals surface area contributed by atoms with E-state index in [2.05, 4.69) is 9.97 Å². The zero-order chi connectivity index (χ0) is 8.97. The van der Waals surface area contributed by atoms with Crippen LogP contribution in [-0.2, 0) is 17.9 Å². The second-order valence-corrected chi connectivity index (χ2v) is 2.32. The van der Waals surface area contributed by atoms with E-state index in [1.807, 2.05) is 0 Å². The van der Waals surface area contributed by atoms with Crippen LogP contribution >= 0.6 is 0 Å². The van der Waals surface area contributed by atoms with Crippen LogP contribution in [0.1, 0.15) is 11.4 Å². The van der Waals surface area contributed by atoms with E-state index >= 15 is 0 Å². The summed E-state index contributed by atoms with van der Waals surface area (Å²) < 4.78 is 4.79. The fraction of sp³-hybridized carbons (Fsp3) is 0.429. The van der Waals surface area contributed by atoms with Gasteiger partial charge in [-0.25, -0.2) is 4.98 Å². The molecule has 5 nitrogen and oxygen atoms in total. The Hall–Kier alpha value is -1.20. The molecular formula is C7H11N3O2. The van der Waals surface area contributed by atoms with Crippen molar-refractivity contribution in [2.24, 2.45) is 5.73 Å². The van der Waals surface area contributed by atoms with Crippen molar-refractivity contribution in [1.29, 1.82) is 0 Å². The molecule has 66 valence electrons. The van der Waals surface area contributed by atoms with Crippen molar-refractivity contribution in [1.82, 2.24) is 9.97 Å². The summed E-state index contributed by atoms with van der Waals surface area (Å²) >= 11 is 0. The molecule has 0 aliphatic heterocycles. The van der Waals surface area contributed by atoms with Gasteiger partial charge in [-0.15, -0.1) is 0 Å². The normalized spacial score (nSPS) is 10.2. The number of hydrogen-bond acceptors (Lipinski definition) is 4. The minimum Gasteiger partial charge on any atom is -0.377 e. The van der Waals surface area contributed by atoms with E-state index in [1.165, 1.54) is 13.3 Å². The third-order valence-electron chi connectivity index (χ3n) is 1.43. The third kappa shape index (κ3) is 1.90. The maximum absolute atomic E-state index is 11.1. The summed E-state index contributed by atoms with van der Waals surface area (Å²) in [6, 6.07) is 0. The van der Waals surface area contributed by atoms with Crippen molar-refractivity contribution in [3.05, 3.63) is 27.9 Å². The van der Waals surface area contributed by atoms with E-state index in [0.717, 1.165) is 0 Å². The molecule has 0 aliphatic rings. The van der Waals surface area contributed by atoms with Crippen LogP contribution in [0, 0.1) is 0 Å². The van der Waals surface area contributed by atoms with Crippen LogP contribution in [0.25, 0.3) is 0 Å². The molecule has 0 saturated heterocycles. The van der Waals surface area contributed by atoms with E-state index in [0.29, 0.717) is 18.0 Å². The molecular weight excluding hydrogens is 158 g/mol. The molecule has 0 saturated carbocycles. The van der Waals surface area contributed by atoms with Gasteiger partial charge >= 0.3 is 0 Å². The number of nitrogens with one attached hydrogen (secondary N) is 1. The molecule has 12 heavy (non-hydrogen) atoms. The van der Waals surface area contributed by atoms with Crippen molar-refractivity contribution in [3.63, 3.8) is 0 Å². The van der Waals surface area contributed by atoms with Crippen molar-refractivity contribution in [3.8, 4) is 0 Å². The Morgan fingerprint density at radius 2 is 2.50 bits per heavy atom. The number of rotatable bonds is 3. The number of methoxy groups -OCH3 is 1. The fourth-order valence-corrected chi connectivity index (χ4v) is 0.814. The standard InChI is InChI=1S/C7H11N3O2/c1-12-4-6-9-3-5(2-8)7(11)10-6/h3H,2,4,8H2,1H3,(H,9,10,11). The number of aromatic amines is 1. The molecule has 0 spiro atoms. The monoisotopic (exact) mass is 169 g/mol. The van der Waals surface area contributed by atoms with Gasteiger partial charge in [-0.1, -0.05) is 0 Å². The van der Waals surface area contributed by atoms with Crippen LogP contribution in [0.4, 0.5) is 0 Å². The van der Waals surface area contributed by atoms with E-state index in [4.69, 9.17) is 10.5 Å². The number of hydrogen-bond donors (Lipinski definition) is 2. The Bertz CT molecular complexity index is 308. The molecule has 5 heteroatoms. The molecule has 0 fully saturated rings. The maximum Gasteiger partial charge on any atom is 0.255 e. The highest BCUT2D eigenvalue weighted by Gasteiger charge is 1.99. The Morgan fingerprint density at radius 1 is 1.75 bits per heavy atom. The average Bonchev–Trinajstić information content (AvgIpc) is 2.05. The first kappa shape index (κ1) is 8.89. The van der Waals surface area contributed by atoms with E-state index in [1.54, 1.807) is 0 Å². The minimum absolute atomic E-state index is 0.195. The fourth-order valence-electron chi connectivity index (χ4n) is 0.814. The van der Waals surface area contributed by atoms with Crippen LogP contribution in [-0.4, -0.2) is 17.1 Å². The maximum atomic E-state index is 11.1. The number of ether oxygens (including phenoxy) is 1. The lowest BCUT2D eigenvalue weighted by atomic mass is 10.3. The van der Waals surface area contributed by atoms with Crippen molar-refractivity contribution < 1.29 is 4.74 Å². The van der Waals surface area contributed by atoms with Crippen molar-refractivity contribution in [2.75, 3.05) is 7.11 Å². The topological polar surface area (TPSA) is 81.0 Å². The predicted octanol–water partition coefficient (Wildman–Crippen LogP) is -0.625. The SMILES string of the molecule is COCc1ncc(CN)c(=O)[nH]1. The molecule has 0 aliphatic carbocycles. The minimum atomic E-state index is -0.195. The molecule has 0 amide bonds. The van der Waals surface area contributed by atoms with Crippen molar-refractivity contribution >= 4 is 0 Å². The summed E-state index contributed by atoms with van der Waals surface area (Å²) in [6.07, 6.45) is 1.47. The Kier molecular flexibility index (Phi) is 2.95. The number of nitrogens with zero attached hydrogens (tertiary/aromatic N) is 1. The van der Waals surface area contributed by atoms with Crippen LogP contribution in [0.3, 0.4) is 0 Å². The molecule has 0 unspecified atom stereocenters. The van der Waals surface area contributed by atoms with E-state index in [9.17, 15) is 4.79 Å². The summed E-state index contributed by atoms with van der Waals surface area (Å²) in [5.74, 6) is 0.514. The molecule has 1 heterocycles. The smallest absolute Gasteiger partial charge is 0.255 e. The lowest BCUT2D eigenvalue weighted by molar-refractivity contribution is 0.177. The largest absolute Gasteiger partial charge is 0.377 e. The van der Waals surface area contributed by atoms with Gasteiger partial charge in [0.1, 0.15) is 12.4 Å². The third-order valence-corrected chi connectivity index (χ3v) is 1.43. The molecule has 0 radical (unpaired) electrons. The average molecular weight is 169 g/mol. The lowest BCUT2D eigenvalue weighted by Gasteiger charge is -1.99. The van der Waals surface area contributed by atoms with Gasteiger partial charge in [0.05, 0.1) is 0 Å². The zero-order valence-electron chi connectivity index (χ0n) is 6.83. The van der Waals surface area contributed by atoms with Gasteiger partial charge in [-0.05, 0) is 0 Å². The quantitative estimate of drug-likeness (QED) is 0.631. The second-order valence-electron chi connectivity index (χ2n) is 2.32. The Labute approximate surface area is 69.6 Å². The Balaban J connectivity index is 2.94. The first-order valence-electron chi connectivity index (χ1n) is 3.54. The number of nitrogens with two attached hydrogens (primary N) is 1. The van der Waals surface area contributed by atoms with Gasteiger partial charge in [0, 0.05) is 25.4 Å². The van der Waals surface area contributed by atoms with Gasteiger partial charge in [0.25, 0.3) is 5.56 Å². The summed E-state index contributed by atoms with van der Waals surface area (Å²) in [5, 5.41) is 0. The second kappa shape index (κ2) is 3.99. The Morgan fingerprint density at radius 3 is 3.00 bits per heavy atom. The van der Waals surface area contributed by atoms with Gasteiger partial charge in [0.15, 0.2) is 0 Å². The molecule has 1 aromatic heterocycles. The first-order chi connectivity index (χ1) is 5.77. The summed E-state index contributed by atoms with van der Waals surface area (Å²) in [6.45, 7) is 0.510. The highest BCUT2D eigenvalue weighted by Crippen LogP contribution is 1.89. The van der Waals surface area contributed by atoms with Crippen LogP contribution in [0.5, 0.6) is 0 Å². The molecule has 1 rings (SSSR count). The zero-order valence-corrected chi connectivity index (χ0v) is 6.83. The summed E-state index contributed by atoms with van der Waals surface area (Å²) in [7, 11) is 1.54. The van der Waals surface area contributed by atoms with Gasteiger partial charge in [0.2, 0.25) is 0 Å². The van der Waals surface area contributed by atoms with Crippen LogP contribution < -0.4 is 11.3 Å². The number of H-pyrrole nitrogens is 1. The van der Waals surface area contributed by atoms with Crippen molar-refractivity contribution in [2.45, 2.75) is 13.2 Å². The molecule has 0 aromatic carbocycles. The molecule has 0 atom stereocenters. The number of aromatic nitrogens is 2. The molecule has 0 bridgehead atoms. The van der Waals surface area contributed by atoms with Crippen LogP contribution in [0.2, 0.25) is 0 Å². The van der Waals surface area contributed by atoms with Gasteiger partial charge in [-0.2, -0.15) is 0 Å². The predicted molar refractivity (Wildman–Crippen MR) is 43.5 cm³/mol. The highest BCUT2D eigenvalue weighted by molar-refractivity contribution is 5.04. The first-order valence-corrected chi connectivity index (χ1v) is 3.54. The van der Waals surface area contributed by atoms with Gasteiger partial charge in [-0.3, -0.25) is 4.79 Å². The molecule has 1 aromatic rings. The lowest BCUT2D eigenvalue weighted by Crippen LogP contribution is -2.18. The molecule has 3 N–H and O–H groups in total. The summed E-state index contributed by atoms with van der Waals surface area (Å²) in [4.78, 5) is 17.6. The van der Waals surface area contributed by atoms with Gasteiger partial charge < -0.3 is 15.5 Å². The van der Waals surface area contributed by atoms with E-state index < -0.39 is 0 Å². The van der Waals surface area contributed by atoms with Crippen LogP contribution in [0.15, 0.2) is 11.0 Å². The summed E-state index contributed by atoms with van der Waals surface area (Å²) in [5.41, 5.74) is 5.57. The highest BCUT2D eigenvalue weighted by atomic mass is 16.5. The van der Waals surface area contributed by atoms with E-state index in [-0.39, 0.29) is 12.1 Å².